The number of ether oxygens (including phenoxy) is 3. The molecule has 22 heteroatoms. The van der Waals surface area contributed by atoms with Crippen molar-refractivity contribution in [2.24, 2.45) is 0 Å². The van der Waals surface area contributed by atoms with Crippen molar-refractivity contribution in [2.45, 2.75) is 55.6 Å². The molecule has 4 saturated heterocycles. The van der Waals surface area contributed by atoms with E-state index < -0.39 is 75.4 Å². The molecule has 0 amide bonds. The number of thiol groups is 1. The van der Waals surface area contributed by atoms with E-state index in [0.717, 1.165) is 0 Å². The first-order chi connectivity index (χ1) is 21.0. The Balaban J connectivity index is 1.10. The third-order valence-electron chi connectivity index (χ3n) is 7.94. The number of aromatic nitrogens is 8. The number of nitrogens with zero attached hydrogens (tertiary/aromatic N) is 8. The van der Waals surface area contributed by atoms with Crippen LogP contribution < -0.4 is 0 Å². The van der Waals surface area contributed by atoms with Gasteiger partial charge in [0.1, 0.15) is 53.7 Å². The highest BCUT2D eigenvalue weighted by Crippen LogP contribution is 2.61. The quantitative estimate of drug-likeness (QED) is 0.229. The van der Waals surface area contributed by atoms with Crippen molar-refractivity contribution >= 4 is 59.9 Å². The van der Waals surface area contributed by atoms with Gasteiger partial charge in [-0.1, -0.05) is 12.2 Å². The first-order valence-electron chi connectivity index (χ1n) is 13.2. The third kappa shape index (κ3) is 4.75. The van der Waals surface area contributed by atoms with E-state index in [2.05, 4.69) is 42.2 Å². The van der Waals surface area contributed by atoms with Gasteiger partial charge in [-0.25, -0.2) is 38.9 Å². The van der Waals surface area contributed by atoms with Crippen molar-refractivity contribution in [3.8, 4) is 0 Å². The second kappa shape index (κ2) is 10.5. The summed E-state index contributed by atoms with van der Waals surface area (Å²) in [5, 5.41) is 0. The van der Waals surface area contributed by atoms with E-state index in [4.69, 9.17) is 44.1 Å². The summed E-state index contributed by atoms with van der Waals surface area (Å²) in [5.41, 5.74) is 0.947. The molecule has 2 unspecified atom stereocenters. The lowest BCUT2D eigenvalue weighted by molar-refractivity contribution is -0.183. The Labute approximate surface area is 257 Å². The highest BCUT2D eigenvalue weighted by atomic mass is 32.7. The van der Waals surface area contributed by atoms with Crippen molar-refractivity contribution in [3.63, 3.8) is 0 Å². The standard InChI is InChI=1S/C22H23FN8O9P2S2/c1-10-14-19(27-7-25-10)31(9-29-14)21-16-17-22(38-21,4-34-16)5-36-42(33,44)39-15-12(3-35-41(32,43)40-17)37-20(13(15)23)30-8-28-11-2-24-6-26-18(11)30/h2,6-9,12-13,15-17,20-21H,3-5H2,1H3,(H,32,43)(H,33,44)/t12-,13-,15-,16-,17+,20-,21-,22-,41?,42?/m1/s1. The number of hydrogen-bond acceptors (Lipinski definition) is 15. The SMILES string of the molecule is Cc1ncnc2c1ncn2[C@@H]1O[C@@]23CO[C@@H]1[C@@H]2OP(O)(=S)OC[C@H]1O[C@@H](n2cnc4cncnc42)[C@H](F)[C@@H]1OP(=O)(S)OC3. The zero-order chi connectivity index (χ0) is 30.4. The van der Waals surface area contributed by atoms with E-state index in [1.54, 1.807) is 11.5 Å². The van der Waals surface area contributed by atoms with Crippen LogP contribution in [0.5, 0.6) is 0 Å². The molecule has 0 radical (unpaired) electrons. The molecule has 4 aliphatic heterocycles. The molecule has 44 heavy (non-hydrogen) atoms. The number of rotatable bonds is 2. The topological polar surface area (TPSA) is 189 Å². The number of halogens is 1. The van der Waals surface area contributed by atoms with Crippen molar-refractivity contribution in [1.82, 2.24) is 39.0 Å². The molecule has 2 bridgehead atoms. The molecule has 4 aromatic heterocycles. The fourth-order valence-corrected chi connectivity index (χ4v) is 8.85. The minimum Gasteiger partial charge on any atom is -0.367 e. The molecule has 0 aromatic carbocycles. The summed E-state index contributed by atoms with van der Waals surface area (Å²) in [7, 11) is 0. The van der Waals surface area contributed by atoms with Crippen LogP contribution in [-0.2, 0) is 48.7 Å². The van der Waals surface area contributed by atoms with Gasteiger partial charge in [-0.05, 0) is 18.7 Å². The van der Waals surface area contributed by atoms with E-state index in [0.29, 0.717) is 28.0 Å². The predicted molar refractivity (Wildman–Crippen MR) is 152 cm³/mol. The third-order valence-corrected chi connectivity index (χ3v) is 11.1. The van der Waals surface area contributed by atoms with Crippen molar-refractivity contribution in [2.75, 3.05) is 19.8 Å². The van der Waals surface area contributed by atoms with Gasteiger partial charge in [0, 0.05) is 0 Å². The average Bonchev–Trinajstić information content (AvgIpc) is 3.80. The lowest BCUT2D eigenvalue weighted by Gasteiger charge is -2.34. The van der Waals surface area contributed by atoms with E-state index in [1.165, 1.54) is 36.1 Å². The van der Waals surface area contributed by atoms with E-state index >= 15 is 4.39 Å². The van der Waals surface area contributed by atoms with Crippen LogP contribution in [-0.4, -0.2) is 99.9 Å². The number of imidazole rings is 2. The molecule has 1 N–H and O–H groups in total. The van der Waals surface area contributed by atoms with Crippen LogP contribution in [0.15, 0.2) is 31.5 Å². The smallest absolute Gasteiger partial charge is 0.367 e. The van der Waals surface area contributed by atoms with Gasteiger partial charge in [0.15, 0.2) is 29.9 Å². The Hall–Kier alpha value is -2.06. The molecule has 8 rings (SSSR count). The van der Waals surface area contributed by atoms with Gasteiger partial charge in [0.25, 0.3) is 0 Å². The van der Waals surface area contributed by atoms with Crippen molar-refractivity contribution in [1.29, 1.82) is 0 Å². The van der Waals surface area contributed by atoms with Gasteiger partial charge < -0.3 is 23.6 Å². The zero-order valence-corrected chi connectivity index (χ0v) is 26.0. The van der Waals surface area contributed by atoms with Crippen molar-refractivity contribution in [3.05, 3.63) is 37.2 Å². The monoisotopic (exact) mass is 688 g/mol. The van der Waals surface area contributed by atoms with Gasteiger partial charge >= 0.3 is 13.5 Å². The summed E-state index contributed by atoms with van der Waals surface area (Å²) < 4.78 is 74.0. The Kier molecular flexibility index (Phi) is 6.99. The summed E-state index contributed by atoms with van der Waals surface area (Å²) in [5.74, 6) is 0. The largest absolute Gasteiger partial charge is 0.386 e. The number of alkyl halides is 1. The molecular weight excluding hydrogens is 665 g/mol. The van der Waals surface area contributed by atoms with Crippen LogP contribution in [0.4, 0.5) is 4.39 Å². The van der Waals surface area contributed by atoms with Crippen LogP contribution in [0.25, 0.3) is 22.3 Å². The van der Waals surface area contributed by atoms with Crippen LogP contribution in [0.3, 0.4) is 0 Å². The summed E-state index contributed by atoms with van der Waals surface area (Å²) in [4.78, 5) is 36.3. The molecule has 0 aliphatic carbocycles. The number of hydrogen-bond donors (Lipinski definition) is 2. The summed E-state index contributed by atoms with van der Waals surface area (Å²) in [6.07, 6.45) is -1.71. The fraction of sp³-hybridized carbons (Fsp3) is 0.545. The second-order valence-electron chi connectivity index (χ2n) is 10.6. The number of fused-ring (bicyclic) bond motifs is 3. The first kappa shape index (κ1) is 29.3. The van der Waals surface area contributed by atoms with Crippen molar-refractivity contribution < 1.29 is 46.2 Å². The lowest BCUT2D eigenvalue weighted by atomic mass is 10.0. The summed E-state index contributed by atoms with van der Waals surface area (Å²) in [6, 6.07) is 0. The molecule has 0 spiro atoms. The molecule has 4 aliphatic rings. The maximum absolute atomic E-state index is 16.0. The first-order valence-corrected chi connectivity index (χ1v) is 18.5. The minimum atomic E-state index is -4.28. The Bertz CT molecular complexity index is 1870. The van der Waals surface area contributed by atoms with Gasteiger partial charge in [-0.3, -0.25) is 22.7 Å². The number of aryl methyl sites for hydroxylation is 1. The molecule has 17 nitrogen and oxygen atoms in total. The lowest BCUT2D eigenvalue weighted by Crippen LogP contribution is -2.46. The highest BCUT2D eigenvalue weighted by Gasteiger charge is 2.65. The van der Waals surface area contributed by atoms with E-state index in [9.17, 15) is 9.46 Å². The predicted octanol–water partition coefficient (Wildman–Crippen LogP) is 1.95. The maximum Gasteiger partial charge on any atom is 0.386 e. The molecular formula is C22H23FN8O9P2S2. The van der Waals surface area contributed by atoms with Gasteiger partial charge in [-0.2, -0.15) is 0 Å². The van der Waals surface area contributed by atoms with E-state index in [-0.39, 0.29) is 6.61 Å². The highest BCUT2D eigenvalue weighted by molar-refractivity contribution is 8.44. The Morgan fingerprint density at radius 2 is 1.84 bits per heavy atom. The molecule has 4 aromatic rings. The van der Waals surface area contributed by atoms with Crippen LogP contribution in [0, 0.1) is 6.92 Å². The van der Waals surface area contributed by atoms with Crippen LogP contribution in [0.1, 0.15) is 18.1 Å². The summed E-state index contributed by atoms with van der Waals surface area (Å²) >= 11 is 9.49. The molecule has 10 atom stereocenters. The molecule has 234 valence electrons. The van der Waals surface area contributed by atoms with Gasteiger partial charge in [0.05, 0.1) is 44.4 Å². The second-order valence-corrected chi connectivity index (χ2v) is 16.3. The summed E-state index contributed by atoms with van der Waals surface area (Å²) in [6.45, 7) is -7.54. The van der Waals surface area contributed by atoms with E-state index in [1.807, 2.05) is 0 Å². The molecule has 8 heterocycles. The molecule has 0 saturated carbocycles. The van der Waals surface area contributed by atoms with Gasteiger partial charge in [0.2, 0.25) is 0 Å². The van der Waals surface area contributed by atoms with Crippen LogP contribution >= 0.6 is 25.8 Å². The zero-order valence-electron chi connectivity index (χ0n) is 22.5. The average molecular weight is 689 g/mol. The van der Waals surface area contributed by atoms with Crippen LogP contribution in [0.2, 0.25) is 0 Å². The Morgan fingerprint density at radius 3 is 2.70 bits per heavy atom. The molecule has 4 fully saturated rings. The normalized spacial score (nSPS) is 41.0. The minimum absolute atomic E-state index is 0.0822. The maximum atomic E-state index is 16.0. The fourth-order valence-electron chi connectivity index (χ4n) is 5.90. The van der Waals surface area contributed by atoms with Gasteiger partial charge in [-0.15, -0.1) is 0 Å². The Morgan fingerprint density at radius 1 is 1.05 bits per heavy atom.